The molecule has 0 saturated carbocycles. The smallest absolute Gasteiger partial charge is 0.336 e. The minimum Gasteiger partial charge on any atom is -0.378 e. The van der Waals surface area contributed by atoms with Gasteiger partial charge in [0.2, 0.25) is 0 Å². The molecule has 0 aliphatic carbocycles. The van der Waals surface area contributed by atoms with Crippen molar-refractivity contribution >= 4 is 10.3 Å². The van der Waals surface area contributed by atoms with Crippen LogP contribution >= 0.6 is 0 Å². The van der Waals surface area contributed by atoms with Gasteiger partial charge in [-0.1, -0.05) is 0 Å². The maximum atomic E-state index is 11.0. The number of nitrogens with zero attached hydrogens (tertiary/aromatic N) is 1. The van der Waals surface area contributed by atoms with E-state index >= 15 is 0 Å². The lowest BCUT2D eigenvalue weighted by Crippen LogP contribution is -2.61. The Labute approximate surface area is 76.3 Å². The minimum absolute atomic E-state index is 0.219. The summed E-state index contributed by atoms with van der Waals surface area (Å²) in [5, 5.41) is 0. The summed E-state index contributed by atoms with van der Waals surface area (Å²) >= 11 is 0. The molecular weight excluding hydrogens is 198 g/mol. The molecule has 0 radical (unpaired) electrons. The molecule has 2 aliphatic heterocycles. The molecule has 76 valence electrons. The molecule has 7 heteroatoms. The molecule has 2 rings (SSSR count). The number of hydrogen-bond acceptors (Lipinski definition) is 4. The molecule has 0 bridgehead atoms. The monoisotopic (exact) mass is 209 g/mol. The van der Waals surface area contributed by atoms with E-state index in [9.17, 15) is 8.42 Å². The van der Waals surface area contributed by atoms with Gasteiger partial charge in [0.05, 0.1) is 38.5 Å². The molecular formula is C6H11NO5S. The Morgan fingerprint density at radius 2 is 1.46 bits per heavy atom. The zero-order valence-corrected chi connectivity index (χ0v) is 7.74. The Morgan fingerprint density at radius 1 is 1.08 bits per heavy atom. The van der Waals surface area contributed by atoms with Crippen molar-refractivity contribution in [1.82, 2.24) is 4.31 Å². The van der Waals surface area contributed by atoms with Crippen LogP contribution in [0.25, 0.3) is 0 Å². The molecule has 2 fully saturated rings. The van der Waals surface area contributed by atoms with Crippen LogP contribution < -0.4 is 0 Å². The van der Waals surface area contributed by atoms with E-state index in [1.165, 1.54) is 0 Å². The summed E-state index contributed by atoms with van der Waals surface area (Å²) in [6.07, 6.45) is 0. The SMILES string of the molecule is O=S(=O)(O)N(C1COC1)C1COC1. The zero-order chi connectivity index (χ0) is 9.47. The molecule has 0 aromatic heterocycles. The van der Waals surface area contributed by atoms with E-state index in [4.69, 9.17) is 14.0 Å². The van der Waals surface area contributed by atoms with E-state index in [1.54, 1.807) is 0 Å². The van der Waals surface area contributed by atoms with Crippen molar-refractivity contribution in [3.05, 3.63) is 0 Å². The van der Waals surface area contributed by atoms with Crippen molar-refractivity contribution < 1.29 is 22.4 Å². The molecule has 13 heavy (non-hydrogen) atoms. The van der Waals surface area contributed by atoms with Crippen molar-refractivity contribution in [1.29, 1.82) is 0 Å². The van der Waals surface area contributed by atoms with E-state index in [0.717, 1.165) is 4.31 Å². The molecule has 2 heterocycles. The van der Waals surface area contributed by atoms with Crippen molar-refractivity contribution in [2.75, 3.05) is 26.4 Å². The maximum absolute atomic E-state index is 11.0. The first-order valence-corrected chi connectivity index (χ1v) is 5.40. The van der Waals surface area contributed by atoms with Crippen LogP contribution in [0.3, 0.4) is 0 Å². The van der Waals surface area contributed by atoms with Gasteiger partial charge in [-0.2, -0.15) is 12.7 Å². The van der Waals surface area contributed by atoms with Gasteiger partial charge in [-0.25, -0.2) is 0 Å². The highest BCUT2D eigenvalue weighted by atomic mass is 32.2. The second-order valence-electron chi connectivity index (χ2n) is 3.19. The zero-order valence-electron chi connectivity index (χ0n) is 6.92. The van der Waals surface area contributed by atoms with E-state index in [0.29, 0.717) is 26.4 Å². The lowest BCUT2D eigenvalue weighted by molar-refractivity contribution is -0.105. The second-order valence-corrected chi connectivity index (χ2v) is 4.51. The molecule has 6 nitrogen and oxygen atoms in total. The van der Waals surface area contributed by atoms with E-state index < -0.39 is 10.3 Å². The Balaban J connectivity index is 2.10. The lowest BCUT2D eigenvalue weighted by Gasteiger charge is -2.42. The number of hydrogen-bond donors (Lipinski definition) is 1. The first kappa shape index (κ1) is 9.35. The first-order chi connectivity index (χ1) is 6.09. The fourth-order valence-corrected chi connectivity index (χ4v) is 2.41. The van der Waals surface area contributed by atoms with E-state index in [1.807, 2.05) is 0 Å². The van der Waals surface area contributed by atoms with Gasteiger partial charge in [-0.05, 0) is 0 Å². The summed E-state index contributed by atoms with van der Waals surface area (Å²) in [7, 11) is -4.11. The highest BCUT2D eigenvalue weighted by Crippen LogP contribution is 2.21. The topological polar surface area (TPSA) is 76.1 Å². The quantitative estimate of drug-likeness (QED) is 0.596. The summed E-state index contributed by atoms with van der Waals surface area (Å²) < 4.78 is 41.7. The lowest BCUT2D eigenvalue weighted by atomic mass is 10.2. The van der Waals surface area contributed by atoms with E-state index in [2.05, 4.69) is 0 Å². The molecule has 0 spiro atoms. The van der Waals surface area contributed by atoms with Crippen LogP contribution in [-0.2, 0) is 19.8 Å². The Hall–Kier alpha value is -0.210. The van der Waals surface area contributed by atoms with Crippen LogP contribution in [0, 0.1) is 0 Å². The van der Waals surface area contributed by atoms with Gasteiger partial charge in [0.15, 0.2) is 0 Å². The van der Waals surface area contributed by atoms with Crippen molar-refractivity contribution in [3.63, 3.8) is 0 Å². The Bertz CT molecular complexity index is 267. The fraction of sp³-hybridized carbons (Fsp3) is 1.00. The molecule has 0 aromatic rings. The normalized spacial score (nSPS) is 25.7. The van der Waals surface area contributed by atoms with Crippen LogP contribution in [0.1, 0.15) is 0 Å². The fourth-order valence-electron chi connectivity index (χ4n) is 1.42. The van der Waals surface area contributed by atoms with Gasteiger partial charge in [0.25, 0.3) is 0 Å². The van der Waals surface area contributed by atoms with Crippen LogP contribution in [-0.4, -0.2) is 55.8 Å². The minimum atomic E-state index is -4.11. The summed E-state index contributed by atoms with van der Waals surface area (Å²) in [5.74, 6) is 0. The third kappa shape index (κ3) is 1.70. The second kappa shape index (κ2) is 3.18. The average molecular weight is 209 g/mol. The molecule has 0 unspecified atom stereocenters. The molecule has 0 atom stereocenters. The van der Waals surface area contributed by atoms with Crippen molar-refractivity contribution in [2.24, 2.45) is 0 Å². The predicted octanol–water partition coefficient (Wildman–Crippen LogP) is -1.11. The van der Waals surface area contributed by atoms with Gasteiger partial charge >= 0.3 is 10.3 Å². The van der Waals surface area contributed by atoms with Crippen LogP contribution in [0.15, 0.2) is 0 Å². The molecule has 0 amide bonds. The predicted molar refractivity (Wildman–Crippen MR) is 42.6 cm³/mol. The van der Waals surface area contributed by atoms with Gasteiger partial charge < -0.3 is 9.47 Å². The standard InChI is InChI=1S/C6H11NO5S/c8-13(9,10)7(5-1-11-2-5)6-3-12-4-6/h5-6H,1-4H2,(H,8,9,10). The number of ether oxygens (including phenoxy) is 2. The number of rotatable bonds is 3. The van der Waals surface area contributed by atoms with Gasteiger partial charge in [-0.15, -0.1) is 0 Å². The highest BCUT2D eigenvalue weighted by molar-refractivity contribution is 7.83. The Morgan fingerprint density at radius 3 is 1.62 bits per heavy atom. The maximum Gasteiger partial charge on any atom is 0.336 e. The summed E-state index contributed by atoms with van der Waals surface area (Å²) in [5.41, 5.74) is 0. The summed E-state index contributed by atoms with van der Waals surface area (Å²) in [6, 6.07) is -0.437. The van der Waals surface area contributed by atoms with Crippen molar-refractivity contribution in [3.8, 4) is 0 Å². The largest absolute Gasteiger partial charge is 0.378 e. The van der Waals surface area contributed by atoms with E-state index in [-0.39, 0.29) is 12.1 Å². The Kier molecular flexibility index (Phi) is 2.28. The van der Waals surface area contributed by atoms with Crippen LogP contribution in [0.5, 0.6) is 0 Å². The summed E-state index contributed by atoms with van der Waals surface area (Å²) in [4.78, 5) is 0. The van der Waals surface area contributed by atoms with Gasteiger partial charge in [0, 0.05) is 0 Å². The third-order valence-electron chi connectivity index (χ3n) is 2.23. The van der Waals surface area contributed by atoms with Gasteiger partial charge in [-0.3, -0.25) is 4.55 Å². The third-order valence-corrected chi connectivity index (χ3v) is 3.36. The molecule has 1 N–H and O–H groups in total. The van der Waals surface area contributed by atoms with Gasteiger partial charge in [0.1, 0.15) is 0 Å². The molecule has 0 aromatic carbocycles. The molecule has 2 aliphatic rings. The summed E-state index contributed by atoms with van der Waals surface area (Å²) in [6.45, 7) is 1.43. The molecule has 2 saturated heterocycles. The van der Waals surface area contributed by atoms with Crippen molar-refractivity contribution in [2.45, 2.75) is 12.1 Å². The van der Waals surface area contributed by atoms with Crippen LogP contribution in [0.2, 0.25) is 0 Å². The first-order valence-electron chi connectivity index (χ1n) is 4.00. The average Bonchev–Trinajstić information content (AvgIpc) is 1.75. The highest BCUT2D eigenvalue weighted by Gasteiger charge is 2.42. The van der Waals surface area contributed by atoms with Crippen LogP contribution in [0.4, 0.5) is 0 Å².